The van der Waals surface area contributed by atoms with E-state index in [1.807, 2.05) is 0 Å². The minimum atomic E-state index is -1.13. The maximum atomic E-state index is 14.6. The highest BCUT2D eigenvalue weighted by atomic mass is 19.1. The molecule has 0 saturated heterocycles. The first-order chi connectivity index (χ1) is 13.0. The number of urea groups is 1. The van der Waals surface area contributed by atoms with Gasteiger partial charge in [-0.3, -0.25) is 0 Å². The van der Waals surface area contributed by atoms with Crippen molar-refractivity contribution in [1.82, 2.24) is 4.90 Å². The number of carbonyl (C=O) groups is 1. The Hall–Kier alpha value is -3.10. The van der Waals surface area contributed by atoms with Crippen LogP contribution in [-0.4, -0.2) is 23.4 Å². The molecule has 0 aromatic heterocycles. The highest BCUT2D eigenvalue weighted by molar-refractivity contribution is 5.91. The van der Waals surface area contributed by atoms with Crippen molar-refractivity contribution in [2.24, 2.45) is 16.5 Å². The van der Waals surface area contributed by atoms with Crippen LogP contribution in [0.4, 0.5) is 22.4 Å². The average Bonchev–Trinajstić information content (AvgIpc) is 2.54. The summed E-state index contributed by atoms with van der Waals surface area (Å²) in [6.45, 7) is 3.29. The van der Waals surface area contributed by atoms with Gasteiger partial charge in [-0.2, -0.15) is 4.99 Å². The molecule has 2 aromatic rings. The molecule has 0 unspecified atom stereocenters. The molecule has 0 bridgehead atoms. The summed E-state index contributed by atoms with van der Waals surface area (Å²) in [6.07, 6.45) is 0. The minimum Gasteiger partial charge on any atom is -0.370 e. The highest BCUT2D eigenvalue weighted by Gasteiger charge is 2.38. The van der Waals surface area contributed by atoms with E-state index in [0.717, 1.165) is 6.07 Å². The van der Waals surface area contributed by atoms with Crippen LogP contribution in [0, 0.1) is 23.3 Å². The average molecular weight is 394 g/mol. The smallest absolute Gasteiger partial charge is 0.347 e. The first-order valence-electron chi connectivity index (χ1n) is 8.36. The van der Waals surface area contributed by atoms with Crippen molar-refractivity contribution < 1.29 is 22.4 Å². The molecule has 2 aromatic carbocycles. The van der Waals surface area contributed by atoms with Crippen molar-refractivity contribution in [2.45, 2.75) is 25.8 Å². The molecule has 0 radical (unpaired) electrons. The molecule has 148 valence electrons. The third-order valence-corrected chi connectivity index (χ3v) is 4.65. The van der Waals surface area contributed by atoms with Gasteiger partial charge in [-0.25, -0.2) is 22.4 Å². The predicted octanol–water partition coefficient (Wildman–Crippen LogP) is 3.40. The Bertz CT molecular complexity index is 977. The number of halogens is 4. The predicted molar refractivity (Wildman–Crippen MR) is 96.4 cm³/mol. The topological polar surface area (TPSA) is 84.7 Å². The lowest BCUT2D eigenvalue weighted by Gasteiger charge is -2.40. The lowest BCUT2D eigenvalue weighted by molar-refractivity contribution is 0.181. The number of aliphatic imine (C=N–C) groups is 1. The number of guanidine groups is 1. The fourth-order valence-corrected chi connectivity index (χ4v) is 3.67. The molecule has 28 heavy (non-hydrogen) atoms. The molecule has 3 rings (SSSR count). The summed E-state index contributed by atoms with van der Waals surface area (Å²) < 4.78 is 56.7. The van der Waals surface area contributed by atoms with Crippen LogP contribution in [0.25, 0.3) is 11.1 Å². The minimum absolute atomic E-state index is 0.0293. The third-order valence-electron chi connectivity index (χ3n) is 4.65. The van der Waals surface area contributed by atoms with Gasteiger partial charge in [0.2, 0.25) is 0 Å². The standard InChI is InChI=1S/C19H18F4N4O/c1-19(2)8-27(18(28)26-17(24)25)7-11-10(3-4-12(21)16(11)19)15-13(22)5-9(20)6-14(15)23/h3-6H,7-8H2,1-2H3,(H4,24,25,26,28). The second kappa shape index (κ2) is 6.81. The van der Waals surface area contributed by atoms with Gasteiger partial charge in [0.15, 0.2) is 5.96 Å². The molecule has 9 heteroatoms. The molecule has 0 spiro atoms. The summed E-state index contributed by atoms with van der Waals surface area (Å²) in [6, 6.07) is 2.65. The number of fused-ring (bicyclic) bond motifs is 1. The summed E-state index contributed by atoms with van der Waals surface area (Å²) in [5.41, 5.74) is 9.57. The third kappa shape index (κ3) is 3.39. The van der Waals surface area contributed by atoms with Crippen LogP contribution >= 0.6 is 0 Å². The zero-order chi connectivity index (χ0) is 20.8. The van der Waals surface area contributed by atoms with Crippen LogP contribution in [-0.2, 0) is 12.0 Å². The van der Waals surface area contributed by atoms with E-state index in [1.165, 1.54) is 11.0 Å². The summed E-state index contributed by atoms with van der Waals surface area (Å²) in [7, 11) is 0. The van der Waals surface area contributed by atoms with Crippen molar-refractivity contribution >= 4 is 12.0 Å². The number of nitrogens with two attached hydrogens (primary N) is 2. The van der Waals surface area contributed by atoms with E-state index in [1.54, 1.807) is 13.8 Å². The van der Waals surface area contributed by atoms with Crippen LogP contribution in [0.3, 0.4) is 0 Å². The van der Waals surface area contributed by atoms with Crippen LogP contribution in [0.1, 0.15) is 25.0 Å². The SMILES string of the molecule is CC1(C)CN(C(=O)N=C(N)N)Cc2c(-c3c(F)cc(F)cc3F)ccc(F)c21. The summed E-state index contributed by atoms with van der Waals surface area (Å²) in [5.74, 6) is -4.34. The fourth-order valence-electron chi connectivity index (χ4n) is 3.67. The molecule has 2 amide bonds. The molecule has 0 atom stereocenters. The van der Waals surface area contributed by atoms with Gasteiger partial charge in [0.25, 0.3) is 0 Å². The Balaban J connectivity index is 2.24. The fraction of sp³-hybridized carbons (Fsp3) is 0.263. The van der Waals surface area contributed by atoms with Gasteiger partial charge in [0, 0.05) is 36.2 Å². The highest BCUT2D eigenvalue weighted by Crippen LogP contribution is 2.41. The van der Waals surface area contributed by atoms with Crippen molar-refractivity contribution in [3.05, 3.63) is 58.7 Å². The number of carbonyl (C=O) groups excluding carboxylic acids is 1. The van der Waals surface area contributed by atoms with Crippen molar-refractivity contribution in [1.29, 1.82) is 0 Å². The quantitative estimate of drug-likeness (QED) is 0.442. The normalized spacial score (nSPS) is 15.1. The van der Waals surface area contributed by atoms with E-state index in [0.29, 0.717) is 12.1 Å². The molecule has 0 aliphatic carbocycles. The number of nitrogens with zero attached hydrogens (tertiary/aromatic N) is 2. The Morgan fingerprint density at radius 2 is 1.68 bits per heavy atom. The van der Waals surface area contributed by atoms with E-state index >= 15 is 0 Å². The van der Waals surface area contributed by atoms with Gasteiger partial charge in [-0.1, -0.05) is 19.9 Å². The Morgan fingerprint density at radius 1 is 1.07 bits per heavy atom. The van der Waals surface area contributed by atoms with E-state index in [4.69, 9.17) is 11.5 Å². The van der Waals surface area contributed by atoms with Gasteiger partial charge in [0.1, 0.15) is 23.3 Å². The van der Waals surface area contributed by atoms with Crippen molar-refractivity contribution in [2.75, 3.05) is 6.54 Å². The molecule has 0 saturated carbocycles. The van der Waals surface area contributed by atoms with Crippen LogP contribution < -0.4 is 11.5 Å². The van der Waals surface area contributed by atoms with E-state index in [9.17, 15) is 22.4 Å². The maximum absolute atomic E-state index is 14.6. The molecular weight excluding hydrogens is 376 g/mol. The maximum Gasteiger partial charge on any atom is 0.347 e. The molecule has 4 N–H and O–H groups in total. The van der Waals surface area contributed by atoms with Gasteiger partial charge >= 0.3 is 6.03 Å². The first kappa shape index (κ1) is 19.7. The number of rotatable bonds is 1. The van der Waals surface area contributed by atoms with Gasteiger partial charge in [0.05, 0.1) is 5.56 Å². The number of benzene rings is 2. The Labute approximate surface area is 158 Å². The lowest BCUT2D eigenvalue weighted by Crippen LogP contribution is -2.45. The van der Waals surface area contributed by atoms with E-state index < -0.39 is 46.2 Å². The van der Waals surface area contributed by atoms with Crippen molar-refractivity contribution in [3.8, 4) is 11.1 Å². The molecule has 0 fully saturated rings. The molecule has 5 nitrogen and oxygen atoms in total. The Kier molecular flexibility index (Phi) is 4.78. The number of amides is 2. The molecule has 1 heterocycles. The largest absolute Gasteiger partial charge is 0.370 e. The van der Waals surface area contributed by atoms with Crippen LogP contribution in [0.2, 0.25) is 0 Å². The summed E-state index contributed by atoms with van der Waals surface area (Å²) in [4.78, 5) is 17.0. The zero-order valence-electron chi connectivity index (χ0n) is 15.2. The molecule has 1 aliphatic rings. The van der Waals surface area contributed by atoms with E-state index in [2.05, 4.69) is 4.99 Å². The number of hydrogen-bond acceptors (Lipinski definition) is 1. The first-order valence-corrected chi connectivity index (χ1v) is 8.36. The van der Waals surface area contributed by atoms with Crippen LogP contribution in [0.5, 0.6) is 0 Å². The summed E-state index contributed by atoms with van der Waals surface area (Å²) >= 11 is 0. The second-order valence-electron chi connectivity index (χ2n) is 7.25. The van der Waals surface area contributed by atoms with Gasteiger partial charge in [-0.15, -0.1) is 0 Å². The molecular formula is C19H18F4N4O. The molecule has 1 aliphatic heterocycles. The van der Waals surface area contributed by atoms with Crippen LogP contribution in [0.15, 0.2) is 29.3 Å². The summed E-state index contributed by atoms with van der Waals surface area (Å²) in [5, 5.41) is 0. The second-order valence-corrected chi connectivity index (χ2v) is 7.25. The Morgan fingerprint density at radius 3 is 2.25 bits per heavy atom. The monoisotopic (exact) mass is 394 g/mol. The van der Waals surface area contributed by atoms with E-state index in [-0.39, 0.29) is 29.8 Å². The number of hydrogen-bond donors (Lipinski definition) is 2. The lowest BCUT2D eigenvalue weighted by atomic mass is 9.75. The van der Waals surface area contributed by atoms with Gasteiger partial charge in [-0.05, 0) is 17.2 Å². The zero-order valence-corrected chi connectivity index (χ0v) is 15.2. The van der Waals surface area contributed by atoms with Gasteiger partial charge < -0.3 is 16.4 Å². The van der Waals surface area contributed by atoms with Crippen molar-refractivity contribution in [3.63, 3.8) is 0 Å².